The predicted octanol–water partition coefficient (Wildman–Crippen LogP) is 2.81. The van der Waals surface area contributed by atoms with E-state index in [4.69, 9.17) is 9.47 Å². The van der Waals surface area contributed by atoms with Crippen molar-refractivity contribution in [1.82, 2.24) is 0 Å². The standard InChI is InChI=1S/C14H16BrNO3/c1-18-12-3-2-10(8-11(12)15)13(17)14(9-16)4-6-19-7-5-14/h2-3,8,13,17H,4-7H2,1H3. The van der Waals surface area contributed by atoms with E-state index in [0.717, 1.165) is 10.0 Å². The van der Waals surface area contributed by atoms with Gasteiger partial charge in [0.1, 0.15) is 5.75 Å². The molecule has 1 N–H and O–H groups in total. The fourth-order valence-corrected chi connectivity index (χ4v) is 2.91. The van der Waals surface area contributed by atoms with Crippen molar-refractivity contribution >= 4 is 15.9 Å². The fourth-order valence-electron chi connectivity index (χ4n) is 2.35. The first-order valence-corrected chi connectivity index (χ1v) is 6.93. The predicted molar refractivity (Wildman–Crippen MR) is 73.8 cm³/mol. The summed E-state index contributed by atoms with van der Waals surface area (Å²) in [5.74, 6) is 0.703. The molecular formula is C14H16BrNO3. The molecule has 1 saturated heterocycles. The molecule has 5 heteroatoms. The molecule has 102 valence electrons. The largest absolute Gasteiger partial charge is 0.496 e. The molecule has 2 rings (SSSR count). The number of halogens is 1. The number of aliphatic hydroxyl groups is 1. The minimum absolute atomic E-state index is 0.516. The van der Waals surface area contributed by atoms with Crippen LogP contribution in [0.15, 0.2) is 22.7 Å². The van der Waals surface area contributed by atoms with Gasteiger partial charge < -0.3 is 14.6 Å². The first-order valence-electron chi connectivity index (χ1n) is 6.13. The summed E-state index contributed by atoms with van der Waals surface area (Å²) in [7, 11) is 1.59. The van der Waals surface area contributed by atoms with Crippen LogP contribution in [-0.4, -0.2) is 25.4 Å². The molecule has 0 saturated carbocycles. The average Bonchev–Trinajstić information content (AvgIpc) is 2.47. The van der Waals surface area contributed by atoms with Gasteiger partial charge in [0.2, 0.25) is 0 Å². The van der Waals surface area contributed by atoms with Crippen LogP contribution in [0.5, 0.6) is 5.75 Å². The zero-order valence-electron chi connectivity index (χ0n) is 10.7. The third-order valence-electron chi connectivity index (χ3n) is 3.62. The maximum atomic E-state index is 10.5. The number of ether oxygens (including phenoxy) is 2. The van der Waals surface area contributed by atoms with Gasteiger partial charge in [-0.15, -0.1) is 0 Å². The number of aliphatic hydroxyl groups excluding tert-OH is 1. The van der Waals surface area contributed by atoms with E-state index in [9.17, 15) is 10.4 Å². The van der Waals surface area contributed by atoms with Gasteiger partial charge in [-0.3, -0.25) is 0 Å². The van der Waals surface area contributed by atoms with E-state index in [1.54, 1.807) is 25.3 Å². The summed E-state index contributed by atoms with van der Waals surface area (Å²) in [5, 5.41) is 20.0. The van der Waals surface area contributed by atoms with Crippen LogP contribution >= 0.6 is 15.9 Å². The SMILES string of the molecule is COc1ccc(C(O)C2(C#N)CCOCC2)cc1Br. The molecule has 0 aromatic heterocycles. The highest BCUT2D eigenvalue weighted by Crippen LogP contribution is 2.43. The second kappa shape index (κ2) is 5.91. The molecule has 1 unspecified atom stereocenters. The van der Waals surface area contributed by atoms with Crippen LogP contribution in [0.2, 0.25) is 0 Å². The molecule has 1 aromatic rings. The minimum Gasteiger partial charge on any atom is -0.496 e. The van der Waals surface area contributed by atoms with Gasteiger partial charge in [0.15, 0.2) is 0 Å². The van der Waals surface area contributed by atoms with Crippen LogP contribution in [0.4, 0.5) is 0 Å². The molecule has 0 bridgehead atoms. The summed E-state index contributed by atoms with van der Waals surface area (Å²) in [6.07, 6.45) is 0.284. The summed E-state index contributed by atoms with van der Waals surface area (Å²) in [6.45, 7) is 1.03. The lowest BCUT2D eigenvalue weighted by Gasteiger charge is -2.35. The third-order valence-corrected chi connectivity index (χ3v) is 4.24. The minimum atomic E-state index is -0.816. The topological polar surface area (TPSA) is 62.5 Å². The Bertz CT molecular complexity index is 492. The Labute approximate surface area is 121 Å². The quantitative estimate of drug-likeness (QED) is 0.928. The van der Waals surface area contributed by atoms with Gasteiger partial charge in [-0.25, -0.2) is 0 Å². The molecule has 1 fully saturated rings. The van der Waals surface area contributed by atoms with Crippen LogP contribution in [0.25, 0.3) is 0 Å². The molecule has 0 amide bonds. The Morgan fingerprint density at radius 3 is 2.68 bits per heavy atom. The van der Waals surface area contributed by atoms with E-state index in [1.165, 1.54) is 0 Å². The highest BCUT2D eigenvalue weighted by atomic mass is 79.9. The lowest BCUT2D eigenvalue weighted by Crippen LogP contribution is -2.34. The van der Waals surface area contributed by atoms with Crippen molar-refractivity contribution in [3.8, 4) is 11.8 Å². The number of benzene rings is 1. The molecule has 1 atom stereocenters. The molecular weight excluding hydrogens is 310 g/mol. The van der Waals surface area contributed by atoms with Gasteiger partial charge >= 0.3 is 0 Å². The van der Waals surface area contributed by atoms with Crippen molar-refractivity contribution < 1.29 is 14.6 Å². The van der Waals surface area contributed by atoms with Crippen molar-refractivity contribution in [3.05, 3.63) is 28.2 Å². The normalized spacial score (nSPS) is 19.5. The maximum absolute atomic E-state index is 10.5. The molecule has 0 aliphatic carbocycles. The van der Waals surface area contributed by atoms with E-state index in [-0.39, 0.29) is 0 Å². The van der Waals surface area contributed by atoms with Crippen LogP contribution in [0, 0.1) is 16.7 Å². The van der Waals surface area contributed by atoms with E-state index in [0.29, 0.717) is 31.8 Å². The second-order valence-electron chi connectivity index (χ2n) is 4.68. The number of hydrogen-bond acceptors (Lipinski definition) is 4. The summed E-state index contributed by atoms with van der Waals surface area (Å²) < 4.78 is 11.2. The van der Waals surface area contributed by atoms with Gasteiger partial charge in [-0.2, -0.15) is 5.26 Å². The van der Waals surface area contributed by atoms with Crippen molar-refractivity contribution in [2.75, 3.05) is 20.3 Å². The number of nitrogens with zero attached hydrogens (tertiary/aromatic N) is 1. The molecule has 0 spiro atoms. The molecule has 1 heterocycles. The van der Waals surface area contributed by atoms with Gasteiger partial charge in [0.05, 0.1) is 29.2 Å². The Balaban J connectivity index is 2.30. The highest BCUT2D eigenvalue weighted by Gasteiger charge is 2.40. The van der Waals surface area contributed by atoms with Gasteiger partial charge in [-0.1, -0.05) is 6.07 Å². The van der Waals surface area contributed by atoms with Crippen molar-refractivity contribution in [2.24, 2.45) is 5.41 Å². The Morgan fingerprint density at radius 2 is 2.16 bits per heavy atom. The van der Waals surface area contributed by atoms with Gasteiger partial charge in [-0.05, 0) is 46.5 Å². The van der Waals surface area contributed by atoms with Crippen LogP contribution in [0.1, 0.15) is 24.5 Å². The zero-order chi connectivity index (χ0) is 13.9. The highest BCUT2D eigenvalue weighted by molar-refractivity contribution is 9.10. The zero-order valence-corrected chi connectivity index (χ0v) is 12.3. The van der Waals surface area contributed by atoms with E-state index < -0.39 is 11.5 Å². The number of rotatable bonds is 3. The second-order valence-corrected chi connectivity index (χ2v) is 5.53. The van der Waals surface area contributed by atoms with Crippen LogP contribution in [0.3, 0.4) is 0 Å². The molecule has 0 radical (unpaired) electrons. The molecule has 19 heavy (non-hydrogen) atoms. The lowest BCUT2D eigenvalue weighted by molar-refractivity contribution is -0.0310. The summed E-state index contributed by atoms with van der Waals surface area (Å²) in [6, 6.07) is 7.67. The maximum Gasteiger partial charge on any atom is 0.133 e. The molecule has 1 aliphatic heterocycles. The van der Waals surface area contributed by atoms with E-state index in [1.807, 2.05) is 0 Å². The van der Waals surface area contributed by atoms with E-state index in [2.05, 4.69) is 22.0 Å². The summed E-state index contributed by atoms with van der Waals surface area (Å²) in [4.78, 5) is 0. The Morgan fingerprint density at radius 1 is 1.47 bits per heavy atom. The van der Waals surface area contributed by atoms with Crippen LogP contribution < -0.4 is 4.74 Å². The van der Waals surface area contributed by atoms with Crippen molar-refractivity contribution in [1.29, 1.82) is 5.26 Å². The third kappa shape index (κ3) is 2.76. The first kappa shape index (κ1) is 14.3. The average molecular weight is 326 g/mol. The fraction of sp³-hybridized carbons (Fsp3) is 0.500. The smallest absolute Gasteiger partial charge is 0.133 e. The van der Waals surface area contributed by atoms with Gasteiger partial charge in [0.25, 0.3) is 0 Å². The number of methoxy groups -OCH3 is 1. The molecule has 4 nitrogen and oxygen atoms in total. The van der Waals surface area contributed by atoms with Crippen LogP contribution in [-0.2, 0) is 4.74 Å². The summed E-state index contributed by atoms with van der Waals surface area (Å²) >= 11 is 3.40. The number of nitriles is 1. The first-order chi connectivity index (χ1) is 9.13. The molecule has 1 aliphatic rings. The lowest BCUT2D eigenvalue weighted by atomic mass is 9.74. The van der Waals surface area contributed by atoms with Crippen molar-refractivity contribution in [2.45, 2.75) is 18.9 Å². The van der Waals surface area contributed by atoms with Crippen molar-refractivity contribution in [3.63, 3.8) is 0 Å². The Hall–Kier alpha value is -1.09. The monoisotopic (exact) mass is 325 g/mol. The van der Waals surface area contributed by atoms with E-state index >= 15 is 0 Å². The van der Waals surface area contributed by atoms with Gasteiger partial charge in [0, 0.05) is 13.2 Å². The molecule has 1 aromatic carbocycles. The Kier molecular flexibility index (Phi) is 4.46. The summed E-state index contributed by atoms with van der Waals surface area (Å²) in [5.41, 5.74) is -0.0390. The number of hydrogen-bond donors (Lipinski definition) is 1.